The van der Waals surface area contributed by atoms with Gasteiger partial charge in [0, 0.05) is 23.2 Å². The van der Waals surface area contributed by atoms with E-state index in [0.717, 1.165) is 6.26 Å². The summed E-state index contributed by atoms with van der Waals surface area (Å²) in [5.74, 6) is -0.952. The Labute approximate surface area is 122 Å². The lowest BCUT2D eigenvalue weighted by molar-refractivity contribution is 0.0945. The van der Waals surface area contributed by atoms with Crippen molar-refractivity contribution in [1.29, 1.82) is 0 Å². The van der Waals surface area contributed by atoms with Gasteiger partial charge in [-0.05, 0) is 24.4 Å². The molecule has 4 nitrogen and oxygen atoms in total. The molecule has 0 saturated carbocycles. The fraction of sp³-hybridized carbons (Fsp3) is 0.267. The largest absolute Gasteiger partial charge is 0.349 e. The van der Waals surface area contributed by atoms with Gasteiger partial charge in [0.2, 0.25) is 0 Å². The van der Waals surface area contributed by atoms with E-state index in [1.54, 1.807) is 31.2 Å². The molecule has 2 aromatic carbocycles. The van der Waals surface area contributed by atoms with Crippen molar-refractivity contribution in [1.82, 2.24) is 5.32 Å². The Hall–Kier alpha value is -1.95. The highest BCUT2D eigenvalue weighted by Gasteiger charge is 2.17. The number of carbonyl (C=O) groups is 1. The summed E-state index contributed by atoms with van der Waals surface area (Å²) >= 11 is 0. The van der Waals surface area contributed by atoms with E-state index >= 15 is 0 Å². The average molecular weight is 309 g/mol. The van der Waals surface area contributed by atoms with Gasteiger partial charge in [-0.15, -0.1) is 0 Å². The summed E-state index contributed by atoms with van der Waals surface area (Å²) < 4.78 is 36.1. The quantitative estimate of drug-likeness (QED) is 0.941. The molecule has 6 heteroatoms. The number of carbonyl (C=O) groups excluding carboxylic acids is 1. The van der Waals surface area contributed by atoms with E-state index in [2.05, 4.69) is 5.32 Å². The smallest absolute Gasteiger partial charge is 0.252 e. The van der Waals surface area contributed by atoms with E-state index in [1.165, 1.54) is 12.1 Å². The molecule has 1 N–H and O–H groups in total. The number of rotatable bonds is 4. The lowest BCUT2D eigenvalue weighted by Gasteiger charge is -2.14. The zero-order valence-corrected chi connectivity index (χ0v) is 12.6. The van der Waals surface area contributed by atoms with Crippen molar-refractivity contribution in [2.45, 2.75) is 13.0 Å². The van der Waals surface area contributed by atoms with Gasteiger partial charge in [0.1, 0.15) is 15.7 Å². The van der Waals surface area contributed by atoms with Gasteiger partial charge in [0.05, 0.1) is 5.75 Å². The minimum Gasteiger partial charge on any atom is -0.349 e. The van der Waals surface area contributed by atoms with Crippen LogP contribution >= 0.6 is 0 Å². The Bertz CT molecular complexity index is 787. The number of benzene rings is 2. The van der Waals surface area contributed by atoms with Gasteiger partial charge < -0.3 is 5.32 Å². The van der Waals surface area contributed by atoms with Crippen LogP contribution in [0.4, 0.5) is 4.39 Å². The van der Waals surface area contributed by atoms with E-state index in [-0.39, 0.29) is 5.75 Å². The van der Waals surface area contributed by atoms with E-state index in [9.17, 15) is 17.6 Å². The lowest BCUT2D eigenvalue weighted by atomic mass is 10.0. The van der Waals surface area contributed by atoms with Crippen molar-refractivity contribution >= 4 is 26.5 Å². The van der Waals surface area contributed by atoms with E-state index in [1.807, 2.05) is 0 Å². The Kier molecular flexibility index (Phi) is 4.27. The number of fused-ring (bicyclic) bond motifs is 1. The number of hydrogen-bond acceptors (Lipinski definition) is 3. The molecule has 21 heavy (non-hydrogen) atoms. The average Bonchev–Trinajstić information content (AvgIpc) is 2.37. The Morgan fingerprint density at radius 2 is 1.81 bits per heavy atom. The van der Waals surface area contributed by atoms with Gasteiger partial charge in [0.15, 0.2) is 0 Å². The Morgan fingerprint density at radius 1 is 1.19 bits per heavy atom. The molecule has 0 fully saturated rings. The molecule has 0 spiro atoms. The van der Waals surface area contributed by atoms with E-state index in [0.29, 0.717) is 16.3 Å². The fourth-order valence-corrected chi connectivity index (χ4v) is 3.25. The summed E-state index contributed by atoms with van der Waals surface area (Å²) in [6, 6.07) is 8.79. The Morgan fingerprint density at radius 3 is 2.43 bits per heavy atom. The molecule has 1 unspecified atom stereocenters. The van der Waals surface area contributed by atoms with Crippen LogP contribution in [0, 0.1) is 5.82 Å². The van der Waals surface area contributed by atoms with Crippen LogP contribution in [0.25, 0.3) is 10.8 Å². The van der Waals surface area contributed by atoms with Gasteiger partial charge in [-0.1, -0.05) is 24.3 Å². The Balaban J connectivity index is 2.30. The highest BCUT2D eigenvalue weighted by Crippen LogP contribution is 2.21. The highest BCUT2D eigenvalue weighted by atomic mass is 32.2. The standard InChI is InChI=1S/C15H16FNO3S/c1-10(9-21(2,19)20)17-15(18)13-7-8-14(16)12-6-4-3-5-11(12)13/h3-8,10H,9H2,1-2H3,(H,17,18). The van der Waals surface area contributed by atoms with E-state index < -0.39 is 27.6 Å². The molecule has 0 bridgehead atoms. The van der Waals surface area contributed by atoms with Gasteiger partial charge in [-0.2, -0.15) is 0 Å². The van der Waals surface area contributed by atoms with Crippen LogP contribution in [0.3, 0.4) is 0 Å². The predicted molar refractivity (Wildman–Crippen MR) is 80.5 cm³/mol. The maximum atomic E-state index is 13.7. The van der Waals surface area contributed by atoms with Crippen molar-refractivity contribution in [2.75, 3.05) is 12.0 Å². The summed E-state index contributed by atoms with van der Waals surface area (Å²) in [6.45, 7) is 1.62. The SMILES string of the molecule is CC(CS(C)(=O)=O)NC(=O)c1ccc(F)c2ccccc12. The zero-order chi connectivity index (χ0) is 15.6. The van der Waals surface area contributed by atoms with Crippen molar-refractivity contribution in [3.63, 3.8) is 0 Å². The minimum absolute atomic E-state index is 0.141. The second-order valence-electron chi connectivity index (χ2n) is 5.11. The number of hydrogen-bond donors (Lipinski definition) is 1. The first-order valence-electron chi connectivity index (χ1n) is 6.44. The summed E-state index contributed by atoms with van der Waals surface area (Å²) in [6.07, 6.45) is 1.11. The molecule has 0 aromatic heterocycles. The maximum absolute atomic E-state index is 13.7. The molecular weight excluding hydrogens is 293 g/mol. The first-order chi connectivity index (χ1) is 9.78. The van der Waals surface area contributed by atoms with Crippen LogP contribution in [0.2, 0.25) is 0 Å². The zero-order valence-electron chi connectivity index (χ0n) is 11.8. The normalized spacial score (nSPS) is 13.1. The number of nitrogens with one attached hydrogen (secondary N) is 1. The number of sulfone groups is 1. The minimum atomic E-state index is -3.18. The highest BCUT2D eigenvalue weighted by molar-refractivity contribution is 7.90. The molecule has 1 amide bonds. The second-order valence-corrected chi connectivity index (χ2v) is 7.29. The van der Waals surface area contributed by atoms with Crippen molar-refractivity contribution < 1.29 is 17.6 Å². The molecule has 0 radical (unpaired) electrons. The first-order valence-corrected chi connectivity index (χ1v) is 8.50. The predicted octanol–water partition coefficient (Wildman–Crippen LogP) is 2.14. The third-order valence-corrected chi connectivity index (χ3v) is 4.15. The molecule has 0 aliphatic carbocycles. The van der Waals surface area contributed by atoms with Crippen molar-refractivity contribution in [2.24, 2.45) is 0 Å². The van der Waals surface area contributed by atoms with Crippen molar-refractivity contribution in [3.8, 4) is 0 Å². The van der Waals surface area contributed by atoms with Crippen LogP contribution in [-0.2, 0) is 9.84 Å². The van der Waals surface area contributed by atoms with Gasteiger partial charge >= 0.3 is 0 Å². The van der Waals surface area contributed by atoms with Crippen LogP contribution in [0.5, 0.6) is 0 Å². The van der Waals surface area contributed by atoms with Crippen molar-refractivity contribution in [3.05, 3.63) is 47.8 Å². The van der Waals surface area contributed by atoms with Crippen LogP contribution in [0.15, 0.2) is 36.4 Å². The van der Waals surface area contributed by atoms with Gasteiger partial charge in [-0.25, -0.2) is 12.8 Å². The summed E-state index contributed by atoms with van der Waals surface area (Å²) in [7, 11) is -3.18. The number of halogens is 1. The summed E-state index contributed by atoms with van der Waals surface area (Å²) in [5.41, 5.74) is 0.326. The van der Waals surface area contributed by atoms with Crippen LogP contribution < -0.4 is 5.32 Å². The molecule has 112 valence electrons. The lowest BCUT2D eigenvalue weighted by Crippen LogP contribution is -2.37. The molecule has 2 aromatic rings. The molecule has 0 heterocycles. The summed E-state index contributed by atoms with van der Waals surface area (Å²) in [4.78, 5) is 12.2. The van der Waals surface area contributed by atoms with E-state index in [4.69, 9.17) is 0 Å². The van der Waals surface area contributed by atoms with Gasteiger partial charge in [0.25, 0.3) is 5.91 Å². The molecule has 0 aliphatic rings. The molecule has 1 atom stereocenters. The fourth-order valence-electron chi connectivity index (χ4n) is 2.26. The monoisotopic (exact) mass is 309 g/mol. The molecule has 2 rings (SSSR count). The number of amides is 1. The molecular formula is C15H16FNO3S. The van der Waals surface area contributed by atoms with Gasteiger partial charge in [-0.3, -0.25) is 4.79 Å². The topological polar surface area (TPSA) is 63.2 Å². The maximum Gasteiger partial charge on any atom is 0.252 e. The summed E-state index contributed by atoms with van der Waals surface area (Å²) in [5, 5.41) is 3.49. The molecule has 0 aliphatic heterocycles. The van der Waals surface area contributed by atoms with Crippen LogP contribution in [0.1, 0.15) is 17.3 Å². The van der Waals surface area contributed by atoms with Crippen LogP contribution in [-0.4, -0.2) is 32.4 Å². The second kappa shape index (κ2) is 5.81. The third kappa shape index (κ3) is 3.78. The molecule has 0 saturated heterocycles. The first kappa shape index (κ1) is 15.4. The third-order valence-electron chi connectivity index (χ3n) is 3.05.